The Morgan fingerprint density at radius 2 is 1.07 bits per heavy atom. The number of halogens is 5. The number of alkyl halides is 1. The topological polar surface area (TPSA) is 258 Å². The molecule has 20 nitrogen and oxygen atoms in total. The van der Waals surface area contributed by atoms with Gasteiger partial charge in [-0.2, -0.15) is 0 Å². The summed E-state index contributed by atoms with van der Waals surface area (Å²) < 4.78 is 62.3. The van der Waals surface area contributed by atoms with Gasteiger partial charge in [0, 0.05) is 53.8 Å². The third-order valence-electron chi connectivity index (χ3n) is 9.65. The number of hydrogen-bond donors (Lipinski definition) is 5. The minimum atomic E-state index is -1.75. The Bertz CT molecular complexity index is 2700. The second-order valence-corrected chi connectivity index (χ2v) is 16.6. The van der Waals surface area contributed by atoms with Crippen LogP contribution >= 0.6 is 39.1 Å². The molecule has 2 atom stereocenters. The molecule has 6 aromatic rings. The number of carbonyl (C=O) groups is 4. The molecule has 392 valence electrons. The molecule has 0 saturated carbocycles. The first-order valence-electron chi connectivity index (χ1n) is 21.5. The van der Waals surface area contributed by atoms with Gasteiger partial charge in [-0.3, -0.25) is 20.4 Å². The molecule has 2 aromatic heterocycles. The van der Waals surface area contributed by atoms with Crippen LogP contribution in [-0.4, -0.2) is 138 Å². The van der Waals surface area contributed by atoms with Crippen LogP contribution in [0.4, 0.5) is 8.78 Å². The van der Waals surface area contributed by atoms with E-state index in [1.165, 1.54) is 79.9 Å². The number of carboxylic acid groups (broad SMARTS) is 1. The minimum Gasteiger partial charge on any atom is -0.479 e. The number of carbonyl (C=O) groups excluding carboxylic acids is 3. The maximum absolute atomic E-state index is 14.2. The highest BCUT2D eigenvalue weighted by atomic mass is 79.9. The summed E-state index contributed by atoms with van der Waals surface area (Å²) in [5, 5.41) is 40.4. The number of rotatable bonds is 23. The predicted molar refractivity (Wildman–Crippen MR) is 264 cm³/mol. The number of aliphatic carboxylic acids is 1. The van der Waals surface area contributed by atoms with Crippen molar-refractivity contribution in [3.63, 3.8) is 0 Å². The summed E-state index contributed by atoms with van der Waals surface area (Å²) in [6, 6.07) is 24.6. The molecule has 0 radical (unpaired) electrons. The van der Waals surface area contributed by atoms with Crippen LogP contribution < -0.4 is 20.3 Å². The molecule has 0 aliphatic rings. The van der Waals surface area contributed by atoms with Gasteiger partial charge >= 0.3 is 23.8 Å². The first-order chi connectivity index (χ1) is 35.0. The molecular weight excluding hydrogens is 1070 g/mol. The average molecular weight is 1120 g/mol. The number of hydrogen-bond acceptors (Lipinski definition) is 17. The summed E-state index contributed by atoms with van der Waals surface area (Å²) in [7, 11) is 5.86. The van der Waals surface area contributed by atoms with E-state index in [0.29, 0.717) is 43.4 Å². The van der Waals surface area contributed by atoms with Crippen LogP contribution in [0.1, 0.15) is 32.2 Å². The van der Waals surface area contributed by atoms with Gasteiger partial charge in [0.1, 0.15) is 18.2 Å². The zero-order valence-corrected chi connectivity index (χ0v) is 42.7. The second kappa shape index (κ2) is 30.5. The van der Waals surface area contributed by atoms with Crippen molar-refractivity contribution in [3.8, 4) is 34.0 Å². The van der Waals surface area contributed by atoms with Gasteiger partial charge in [-0.15, -0.1) is 0 Å². The molecule has 0 unspecified atom stereocenters. The zero-order valence-electron chi connectivity index (χ0n) is 39.6. The van der Waals surface area contributed by atoms with Crippen LogP contribution in [0.2, 0.25) is 10.0 Å². The predicted octanol–water partition coefficient (Wildman–Crippen LogP) is 6.60. The van der Waals surface area contributed by atoms with Crippen molar-refractivity contribution in [2.75, 3.05) is 66.7 Å². The number of carboxylic acids is 1. The van der Waals surface area contributed by atoms with Crippen molar-refractivity contribution < 1.29 is 76.0 Å². The number of aromatic nitrogens is 2. The largest absolute Gasteiger partial charge is 0.479 e. The van der Waals surface area contributed by atoms with Crippen LogP contribution in [0.25, 0.3) is 22.3 Å². The van der Waals surface area contributed by atoms with E-state index in [2.05, 4.69) is 41.8 Å². The standard InChI is InChI=1S/C24H25ClFN3O7.C21H19ClFN3O6.C3H7BrO/c1-33-9-10-35-24(32)20(30)14-29(27-23(31)21-12-22(34-2)28-36-21)13-15-3-5-16(6-4-15)18-11-17(25)7-8-19(18)26;1-31-19-9-18(32-25-19)20(28)24-26(11-17(27)21(29)30)10-12-2-4-13(5-3-12)15-8-14(22)6-7-16(15)23;1-5-3-2-4/h3-8,11-12,20,30H,9-10,13-14H2,1-2H3,(H,27,31);2-9,17,27H,10-11H2,1H3,(H,24,28)(H,29,30);2-3H2,1H3/t20-;17-;/m11./s1. The van der Waals surface area contributed by atoms with Crippen molar-refractivity contribution in [2.45, 2.75) is 25.3 Å². The van der Waals surface area contributed by atoms with E-state index >= 15 is 0 Å². The highest BCUT2D eigenvalue weighted by Crippen LogP contribution is 2.28. The summed E-state index contributed by atoms with van der Waals surface area (Å²) in [4.78, 5) is 48.2. The SMILES string of the molecule is COCCBr.COCCOC(=O)[C@H](O)CN(Cc1ccc(-c2cc(Cl)ccc2F)cc1)NC(=O)c1cc(OC)no1.COc1cc(C(=O)NN(Cc2ccc(-c3cc(Cl)ccc3F)cc2)C[C@@H](O)C(=O)O)on1. The summed E-state index contributed by atoms with van der Waals surface area (Å²) in [6.45, 7) is 0.367. The van der Waals surface area contributed by atoms with Gasteiger partial charge in [-0.1, -0.05) is 87.7 Å². The highest BCUT2D eigenvalue weighted by molar-refractivity contribution is 9.09. The summed E-state index contributed by atoms with van der Waals surface area (Å²) in [5.74, 6) is -4.66. The number of amides is 2. The molecule has 0 spiro atoms. The molecule has 0 aliphatic carbocycles. The van der Waals surface area contributed by atoms with Crippen LogP contribution in [0.3, 0.4) is 0 Å². The average Bonchev–Trinajstić information content (AvgIpc) is 4.08. The van der Waals surface area contributed by atoms with Gasteiger partial charge in [-0.25, -0.2) is 28.4 Å². The first-order valence-corrected chi connectivity index (χ1v) is 23.4. The fourth-order valence-corrected chi connectivity index (χ4v) is 6.72. The number of aliphatic hydroxyl groups is 2. The lowest BCUT2D eigenvalue weighted by Gasteiger charge is -2.24. The molecule has 73 heavy (non-hydrogen) atoms. The molecule has 0 fully saturated rings. The lowest BCUT2D eigenvalue weighted by Crippen LogP contribution is -2.47. The quantitative estimate of drug-likeness (QED) is 0.0196. The van der Waals surface area contributed by atoms with Crippen LogP contribution in [0, 0.1) is 11.6 Å². The molecule has 0 aliphatic heterocycles. The Balaban J connectivity index is 0.000000291. The minimum absolute atomic E-state index is 0.0296. The summed E-state index contributed by atoms with van der Waals surface area (Å²) in [6.07, 6.45) is -3.31. The van der Waals surface area contributed by atoms with Crippen LogP contribution in [0.15, 0.2) is 106 Å². The Morgan fingerprint density at radius 3 is 1.42 bits per heavy atom. The smallest absolute Gasteiger partial charge is 0.336 e. The van der Waals surface area contributed by atoms with E-state index in [-0.39, 0.29) is 56.1 Å². The number of ether oxygens (including phenoxy) is 5. The molecule has 2 heterocycles. The molecule has 25 heteroatoms. The first kappa shape index (κ1) is 59.0. The van der Waals surface area contributed by atoms with E-state index in [1.54, 1.807) is 55.6 Å². The van der Waals surface area contributed by atoms with E-state index in [1.807, 2.05) is 0 Å². The van der Waals surface area contributed by atoms with Crippen molar-refractivity contribution in [2.24, 2.45) is 0 Å². The monoisotopic (exact) mass is 1120 g/mol. The van der Waals surface area contributed by atoms with Crippen molar-refractivity contribution in [3.05, 3.63) is 141 Å². The second-order valence-electron chi connectivity index (χ2n) is 15.0. The number of aliphatic hydroxyl groups excluding tert-OH is 2. The maximum atomic E-state index is 14.2. The molecule has 0 saturated heterocycles. The Hall–Kier alpha value is -6.54. The van der Waals surface area contributed by atoms with Gasteiger partial charge in [-0.05, 0) is 69.0 Å². The fourth-order valence-electron chi connectivity index (χ4n) is 6.05. The fraction of sp³-hybridized carbons (Fsp3) is 0.292. The van der Waals surface area contributed by atoms with Crippen molar-refractivity contribution in [1.82, 2.24) is 31.2 Å². The van der Waals surface area contributed by atoms with Gasteiger partial charge in [0.25, 0.3) is 11.8 Å². The molecular formula is C48H51BrCl2F2N6O14. The number of nitrogens with zero attached hydrogens (tertiary/aromatic N) is 4. The third kappa shape index (κ3) is 19.4. The molecule has 0 bridgehead atoms. The Kier molecular flexibility index (Phi) is 24.6. The summed E-state index contributed by atoms with van der Waals surface area (Å²) in [5.41, 5.74) is 8.25. The summed E-state index contributed by atoms with van der Waals surface area (Å²) >= 11 is 15.1. The van der Waals surface area contributed by atoms with Crippen LogP contribution in [0.5, 0.6) is 11.8 Å². The Morgan fingerprint density at radius 1 is 0.644 bits per heavy atom. The lowest BCUT2D eigenvalue weighted by atomic mass is 10.0. The van der Waals surface area contributed by atoms with E-state index in [0.717, 1.165) is 11.9 Å². The van der Waals surface area contributed by atoms with Gasteiger partial charge in [0.2, 0.25) is 11.5 Å². The number of benzene rings is 4. The number of methoxy groups -OCH3 is 4. The zero-order chi connectivity index (χ0) is 53.5. The van der Waals surface area contributed by atoms with E-state index < -0.39 is 54.1 Å². The van der Waals surface area contributed by atoms with Gasteiger partial charge in [0.05, 0.1) is 52.7 Å². The highest BCUT2D eigenvalue weighted by Gasteiger charge is 2.25. The normalized spacial score (nSPS) is 11.6. The van der Waals surface area contributed by atoms with Crippen LogP contribution in [-0.2, 0) is 36.9 Å². The number of nitrogens with one attached hydrogen (secondary N) is 2. The molecule has 4 aromatic carbocycles. The van der Waals surface area contributed by atoms with Crippen molar-refractivity contribution in [1.29, 1.82) is 0 Å². The molecule has 6 rings (SSSR count). The van der Waals surface area contributed by atoms with E-state index in [4.69, 9.17) is 56.3 Å². The van der Waals surface area contributed by atoms with Crippen molar-refractivity contribution >= 4 is 62.9 Å². The van der Waals surface area contributed by atoms with Gasteiger partial charge in [0.15, 0.2) is 12.2 Å². The third-order valence-corrected chi connectivity index (χ3v) is 10.4. The Labute approximate surface area is 435 Å². The number of hydrazine groups is 2. The lowest BCUT2D eigenvalue weighted by molar-refractivity contribution is -0.156. The van der Waals surface area contributed by atoms with Gasteiger partial charge < -0.3 is 48.1 Å². The maximum Gasteiger partial charge on any atom is 0.336 e. The molecule has 5 N–H and O–H groups in total. The number of esters is 1. The van der Waals surface area contributed by atoms with E-state index in [9.17, 15) is 38.2 Å². The molecule has 2 amide bonds.